The molecule has 4 aromatic rings. The first-order valence-corrected chi connectivity index (χ1v) is 17.6. The van der Waals surface area contributed by atoms with Gasteiger partial charge in [-0.3, -0.25) is 18.2 Å². The third-order valence-corrected chi connectivity index (χ3v) is 10.4. The highest BCUT2D eigenvalue weighted by atomic mass is 32.7. The largest absolute Gasteiger partial charge is 0.385 e. The number of imidazole rings is 2. The summed E-state index contributed by atoms with van der Waals surface area (Å²) in [6.07, 6.45) is 5.54. The van der Waals surface area contributed by atoms with Gasteiger partial charge in [-0.15, -0.1) is 0 Å². The zero-order chi connectivity index (χ0) is 31.1. The van der Waals surface area contributed by atoms with Crippen LogP contribution in [0, 0.1) is 0 Å². The van der Waals surface area contributed by atoms with Gasteiger partial charge in [0.2, 0.25) is 0 Å². The Morgan fingerprint density at radius 2 is 1.68 bits per heavy atom. The lowest BCUT2D eigenvalue weighted by Crippen LogP contribution is -2.43. The predicted octanol–water partition coefficient (Wildman–Crippen LogP) is 3.07. The van der Waals surface area contributed by atoms with E-state index < -0.39 is 33.0 Å². The lowest BCUT2D eigenvalue weighted by Gasteiger charge is -2.33. The van der Waals surface area contributed by atoms with E-state index in [4.69, 9.17) is 39.0 Å². The Bertz CT molecular complexity index is 1730. The fraction of sp³-hybridized carbons (Fsp3) is 0.565. The third kappa shape index (κ3) is 6.08. The van der Waals surface area contributed by atoms with Crippen molar-refractivity contribution in [3.63, 3.8) is 0 Å². The number of thiol groups is 1. The number of ether oxygens (including phenoxy) is 2. The molecule has 2 aliphatic heterocycles. The Kier molecular flexibility index (Phi) is 8.94. The Labute approximate surface area is 256 Å². The first-order chi connectivity index (χ1) is 21.1. The van der Waals surface area contributed by atoms with Crippen molar-refractivity contribution < 1.29 is 36.7 Å². The molecule has 0 aliphatic carbocycles. The number of nitrogen functional groups attached to an aromatic ring is 2. The second-order valence-corrected chi connectivity index (χ2v) is 14.3. The molecule has 6 heterocycles. The fourth-order valence-electron chi connectivity index (χ4n) is 5.39. The smallest absolute Gasteiger partial charge is 0.382 e. The molecule has 7 atom stereocenters. The van der Waals surface area contributed by atoms with Gasteiger partial charge in [0.05, 0.1) is 32.0 Å². The van der Waals surface area contributed by atoms with E-state index in [0.29, 0.717) is 41.6 Å². The van der Waals surface area contributed by atoms with Crippen LogP contribution >= 0.6 is 27.3 Å². The number of hydrogen-bond donors (Lipinski definition) is 3. The molecule has 4 N–H and O–H groups in total. The summed E-state index contributed by atoms with van der Waals surface area (Å²) in [6.45, 7) is -2.03. The van der Waals surface area contributed by atoms with E-state index in [1.165, 1.54) is 26.1 Å². The van der Waals surface area contributed by atoms with Crippen molar-refractivity contribution in [2.75, 3.05) is 31.8 Å². The summed E-state index contributed by atoms with van der Waals surface area (Å²) in [7, 11) is -1.84. The Hall–Kier alpha value is -2.73. The first kappa shape index (κ1) is 31.3. The van der Waals surface area contributed by atoms with Crippen molar-refractivity contribution in [3.05, 3.63) is 25.3 Å². The van der Waals surface area contributed by atoms with Crippen molar-refractivity contribution in [3.8, 4) is 0 Å². The van der Waals surface area contributed by atoms with Crippen molar-refractivity contribution >= 4 is 61.3 Å². The van der Waals surface area contributed by atoms with Crippen molar-refractivity contribution in [1.82, 2.24) is 39.0 Å². The molecule has 0 amide bonds. The van der Waals surface area contributed by atoms with Crippen LogP contribution in [0.3, 0.4) is 0 Å². The zero-order valence-electron chi connectivity index (χ0n) is 23.8. The van der Waals surface area contributed by atoms with Crippen LogP contribution in [0.5, 0.6) is 0 Å². The van der Waals surface area contributed by atoms with Gasteiger partial charge in [-0.25, -0.2) is 34.5 Å². The van der Waals surface area contributed by atoms with Crippen LogP contribution in [0.4, 0.5) is 11.6 Å². The SMILES string of the molecule is CC[C@]1(COP(=O)(S)OC)O[C@@H](n2cnc3c(N)ncnc32)C[C@@H]1O[PH](=O)OC[C@@H]1CC[C@H](n2cnc3c(N)ncnc32)O1. The van der Waals surface area contributed by atoms with E-state index in [1.54, 1.807) is 15.5 Å². The fourth-order valence-corrected chi connectivity index (χ4v) is 6.98. The molecule has 238 valence electrons. The van der Waals surface area contributed by atoms with E-state index >= 15 is 0 Å². The number of nitrogens with two attached hydrogens (primary N) is 2. The summed E-state index contributed by atoms with van der Waals surface area (Å²) in [5.41, 5.74) is 12.6. The maximum Gasteiger partial charge on any atom is 0.385 e. The zero-order valence-corrected chi connectivity index (χ0v) is 26.5. The van der Waals surface area contributed by atoms with E-state index in [1.807, 2.05) is 6.92 Å². The van der Waals surface area contributed by atoms with Crippen LogP contribution in [0.15, 0.2) is 25.3 Å². The average molecular weight is 671 g/mol. The van der Waals surface area contributed by atoms with Gasteiger partial charge in [-0.1, -0.05) is 19.2 Å². The molecule has 0 saturated carbocycles. The Morgan fingerprint density at radius 1 is 1.05 bits per heavy atom. The Morgan fingerprint density at radius 3 is 2.30 bits per heavy atom. The summed E-state index contributed by atoms with van der Waals surface area (Å²) in [5.74, 6) is 0.501. The van der Waals surface area contributed by atoms with Gasteiger partial charge in [0.1, 0.15) is 47.8 Å². The molecule has 0 spiro atoms. The van der Waals surface area contributed by atoms with Crippen LogP contribution in [0.1, 0.15) is 45.1 Å². The van der Waals surface area contributed by atoms with E-state index in [2.05, 4.69) is 42.2 Å². The van der Waals surface area contributed by atoms with Gasteiger partial charge in [-0.05, 0) is 19.3 Å². The lowest BCUT2D eigenvalue weighted by molar-refractivity contribution is -0.120. The predicted molar refractivity (Wildman–Crippen MR) is 160 cm³/mol. The molecule has 0 bridgehead atoms. The van der Waals surface area contributed by atoms with Gasteiger partial charge in [0.25, 0.3) is 0 Å². The topological polar surface area (TPSA) is 229 Å². The standard InChI is InChI=1S/C23H32N10O8P2S/c1-3-23(8-38-43(35,44)36-2)14(6-16(40-23)33-12-31-18-20(25)27-10-29-22(18)33)41-42(34)37-7-13-4-5-15(39-13)32-11-30-17-19(24)26-9-28-21(17)32/h9-16,42H,3-8H2,1-2H3,(H,35,44)(H2,24,26,28)(H2,25,27,29)/t13-,14-,15+,16+,23+,43?/m0/s1. The molecule has 0 aromatic carbocycles. The Balaban J connectivity index is 1.13. The van der Waals surface area contributed by atoms with Crippen LogP contribution in [0.25, 0.3) is 22.3 Å². The molecule has 44 heavy (non-hydrogen) atoms. The highest BCUT2D eigenvalue weighted by Crippen LogP contribution is 2.55. The maximum atomic E-state index is 13.2. The molecule has 18 nitrogen and oxygen atoms in total. The summed E-state index contributed by atoms with van der Waals surface area (Å²) < 4.78 is 63.7. The second-order valence-electron chi connectivity index (χ2n) is 10.3. The number of nitrogens with zero attached hydrogens (tertiary/aromatic N) is 8. The number of aromatic nitrogens is 8. The van der Waals surface area contributed by atoms with Gasteiger partial charge < -0.3 is 34.5 Å². The van der Waals surface area contributed by atoms with E-state index in [0.717, 1.165) is 0 Å². The number of rotatable bonds is 12. The summed E-state index contributed by atoms with van der Waals surface area (Å²) in [6, 6.07) is 0. The van der Waals surface area contributed by atoms with Crippen molar-refractivity contribution in [1.29, 1.82) is 0 Å². The van der Waals surface area contributed by atoms with Crippen LogP contribution in [-0.4, -0.2) is 77.2 Å². The van der Waals surface area contributed by atoms with Crippen LogP contribution in [-0.2, 0) is 36.7 Å². The van der Waals surface area contributed by atoms with E-state index in [-0.39, 0.29) is 43.6 Å². The van der Waals surface area contributed by atoms with Crippen LogP contribution < -0.4 is 11.5 Å². The van der Waals surface area contributed by atoms with Gasteiger partial charge in [-0.2, -0.15) is 0 Å². The summed E-state index contributed by atoms with van der Waals surface area (Å²) in [5, 5.41) is 0. The van der Waals surface area contributed by atoms with Gasteiger partial charge in [0.15, 0.2) is 22.9 Å². The molecule has 2 unspecified atom stereocenters. The molecule has 2 fully saturated rings. The van der Waals surface area contributed by atoms with E-state index in [9.17, 15) is 9.13 Å². The average Bonchev–Trinajstić information content (AvgIpc) is 3.81. The quantitative estimate of drug-likeness (QED) is 0.145. The number of hydrogen-bond acceptors (Lipinski definition) is 16. The monoisotopic (exact) mass is 670 g/mol. The summed E-state index contributed by atoms with van der Waals surface area (Å²) in [4.78, 5) is 25.1. The number of fused-ring (bicyclic) bond motifs is 2. The minimum atomic E-state index is -3.68. The summed E-state index contributed by atoms with van der Waals surface area (Å²) >= 11 is 3.97. The van der Waals surface area contributed by atoms with Gasteiger partial charge in [0, 0.05) is 13.5 Å². The molecule has 2 saturated heterocycles. The lowest BCUT2D eigenvalue weighted by atomic mass is 9.95. The highest BCUT2D eigenvalue weighted by molar-refractivity contribution is 8.44. The van der Waals surface area contributed by atoms with Crippen LogP contribution in [0.2, 0.25) is 0 Å². The first-order valence-electron chi connectivity index (χ1n) is 13.7. The molecule has 2 aliphatic rings. The molecule has 6 rings (SSSR count). The highest BCUT2D eigenvalue weighted by Gasteiger charge is 2.51. The molecular weight excluding hydrogens is 638 g/mol. The molecule has 0 radical (unpaired) electrons. The minimum Gasteiger partial charge on any atom is -0.382 e. The molecular formula is C23H32N10O8P2S. The third-order valence-electron chi connectivity index (χ3n) is 7.78. The van der Waals surface area contributed by atoms with Crippen molar-refractivity contribution in [2.45, 2.75) is 62.9 Å². The second kappa shape index (κ2) is 12.6. The molecule has 21 heteroatoms. The molecule has 4 aromatic heterocycles. The van der Waals surface area contributed by atoms with Gasteiger partial charge >= 0.3 is 15.1 Å². The number of anilines is 2. The normalized spacial score (nSPS) is 27.7. The minimum absolute atomic E-state index is 0.0303. The maximum absolute atomic E-state index is 13.2. The van der Waals surface area contributed by atoms with Crippen molar-refractivity contribution in [2.24, 2.45) is 0 Å².